The highest BCUT2D eigenvalue weighted by atomic mass is 16.6. The van der Waals surface area contributed by atoms with E-state index in [0.29, 0.717) is 38.5 Å². The molecule has 27 heavy (non-hydrogen) atoms. The third-order valence-corrected chi connectivity index (χ3v) is 4.53. The van der Waals surface area contributed by atoms with Crippen LogP contribution in [0, 0.1) is 0 Å². The van der Waals surface area contributed by atoms with E-state index in [1.54, 1.807) is 16.7 Å². The lowest BCUT2D eigenvalue weighted by Crippen LogP contribution is -2.51. The second kappa shape index (κ2) is 8.53. The Hall–Kier alpha value is -3.09. The normalized spacial score (nSPS) is 14.1. The molecule has 1 saturated heterocycles. The van der Waals surface area contributed by atoms with E-state index in [1.807, 2.05) is 42.5 Å². The highest BCUT2D eigenvalue weighted by molar-refractivity contribution is 6.07. The summed E-state index contributed by atoms with van der Waals surface area (Å²) in [5, 5.41) is 4.79. The fraction of sp³-hybridized carbons (Fsp3) is 0.350. The van der Waals surface area contributed by atoms with Gasteiger partial charge in [-0.05, 0) is 18.4 Å². The van der Waals surface area contributed by atoms with Gasteiger partial charge < -0.3 is 19.9 Å². The Labute approximate surface area is 157 Å². The summed E-state index contributed by atoms with van der Waals surface area (Å²) in [4.78, 5) is 39.6. The molecule has 7 nitrogen and oxygen atoms in total. The van der Waals surface area contributed by atoms with Gasteiger partial charge >= 0.3 is 6.09 Å². The van der Waals surface area contributed by atoms with Crippen LogP contribution in [0.5, 0.6) is 0 Å². The van der Waals surface area contributed by atoms with Crippen molar-refractivity contribution in [2.24, 2.45) is 0 Å². The lowest BCUT2D eigenvalue weighted by Gasteiger charge is -2.34. The largest absolute Gasteiger partial charge is 0.450 e. The molecule has 0 atom stereocenters. The number of rotatable bonds is 4. The highest BCUT2D eigenvalue weighted by Crippen LogP contribution is 2.23. The summed E-state index contributed by atoms with van der Waals surface area (Å²) in [6, 6.07) is 13.4. The van der Waals surface area contributed by atoms with Crippen LogP contribution in [0.1, 0.15) is 13.3 Å². The monoisotopic (exact) mass is 369 g/mol. The minimum atomic E-state index is -0.363. The van der Waals surface area contributed by atoms with Gasteiger partial charge in [-0.1, -0.05) is 36.4 Å². The lowest BCUT2D eigenvalue weighted by atomic mass is 10.1. The Kier molecular flexibility index (Phi) is 5.90. The molecule has 142 valence electrons. The third-order valence-electron chi connectivity index (χ3n) is 4.53. The van der Waals surface area contributed by atoms with Gasteiger partial charge in [0.2, 0.25) is 11.8 Å². The number of fused-ring (bicyclic) bond motifs is 1. The number of hydrogen-bond acceptors (Lipinski definition) is 4. The van der Waals surface area contributed by atoms with Crippen LogP contribution in [0.25, 0.3) is 10.8 Å². The van der Waals surface area contributed by atoms with E-state index in [0.717, 1.165) is 10.8 Å². The number of nitrogens with one attached hydrogen (secondary N) is 1. The lowest BCUT2D eigenvalue weighted by molar-refractivity contribution is -0.135. The number of anilines is 1. The number of carbonyl (C=O) groups excluding carboxylic acids is 3. The van der Waals surface area contributed by atoms with Crippen LogP contribution in [0.3, 0.4) is 0 Å². The van der Waals surface area contributed by atoms with Crippen molar-refractivity contribution in [3.63, 3.8) is 0 Å². The molecule has 0 spiro atoms. The van der Waals surface area contributed by atoms with E-state index in [9.17, 15) is 14.4 Å². The molecule has 7 heteroatoms. The Morgan fingerprint density at radius 3 is 2.37 bits per heavy atom. The minimum Gasteiger partial charge on any atom is -0.450 e. The molecule has 0 bridgehead atoms. The molecule has 1 aliphatic heterocycles. The predicted molar refractivity (Wildman–Crippen MR) is 102 cm³/mol. The molecule has 0 unspecified atom stereocenters. The van der Waals surface area contributed by atoms with Crippen molar-refractivity contribution in [3.05, 3.63) is 42.5 Å². The molecule has 2 aromatic carbocycles. The number of nitrogens with zero attached hydrogens (tertiary/aromatic N) is 2. The van der Waals surface area contributed by atoms with Crippen molar-refractivity contribution < 1.29 is 19.1 Å². The van der Waals surface area contributed by atoms with E-state index in [1.165, 1.54) is 0 Å². The molecular weight excluding hydrogens is 346 g/mol. The van der Waals surface area contributed by atoms with Gasteiger partial charge in [-0.15, -0.1) is 0 Å². The first-order valence-electron chi connectivity index (χ1n) is 9.05. The first-order chi connectivity index (χ1) is 13.1. The zero-order valence-electron chi connectivity index (χ0n) is 15.3. The molecule has 3 rings (SSSR count). The van der Waals surface area contributed by atoms with Gasteiger partial charge in [-0.3, -0.25) is 9.59 Å². The van der Waals surface area contributed by atoms with E-state index < -0.39 is 0 Å². The molecule has 1 heterocycles. The quantitative estimate of drug-likeness (QED) is 0.840. The van der Waals surface area contributed by atoms with Gasteiger partial charge in [0, 0.05) is 37.3 Å². The molecule has 3 amide bonds. The van der Waals surface area contributed by atoms with Crippen LogP contribution in [-0.2, 0) is 14.3 Å². The number of ether oxygens (including phenoxy) is 1. The Bertz CT molecular complexity index is 839. The van der Waals surface area contributed by atoms with E-state index in [-0.39, 0.29) is 24.3 Å². The van der Waals surface area contributed by atoms with Crippen LogP contribution in [-0.4, -0.2) is 60.5 Å². The third kappa shape index (κ3) is 4.55. The average Bonchev–Trinajstić information content (AvgIpc) is 2.68. The fourth-order valence-electron chi connectivity index (χ4n) is 3.13. The first kappa shape index (κ1) is 18.7. The maximum absolute atomic E-state index is 12.4. The van der Waals surface area contributed by atoms with Crippen LogP contribution >= 0.6 is 0 Å². The molecule has 0 aliphatic carbocycles. The molecule has 1 fully saturated rings. The Balaban J connectivity index is 1.54. The van der Waals surface area contributed by atoms with Crippen LogP contribution in [0.15, 0.2) is 42.5 Å². The topological polar surface area (TPSA) is 79.0 Å². The predicted octanol–water partition coefficient (Wildman–Crippen LogP) is 2.47. The molecule has 2 aromatic rings. The molecule has 0 saturated carbocycles. The minimum absolute atomic E-state index is 0.220. The SMILES string of the molecule is CCOC(=O)N1CCN(C(=O)CC(=O)Nc2cccc3ccccc23)CC1. The summed E-state index contributed by atoms with van der Waals surface area (Å²) in [6.45, 7) is 3.71. The number of amides is 3. The van der Waals surface area contributed by atoms with Crippen molar-refractivity contribution in [3.8, 4) is 0 Å². The van der Waals surface area contributed by atoms with Crippen LogP contribution < -0.4 is 5.32 Å². The van der Waals surface area contributed by atoms with Gasteiger partial charge in [-0.25, -0.2) is 4.79 Å². The Morgan fingerprint density at radius 1 is 0.963 bits per heavy atom. The second-order valence-corrected chi connectivity index (χ2v) is 6.32. The summed E-state index contributed by atoms with van der Waals surface area (Å²) in [5.74, 6) is -0.583. The van der Waals surface area contributed by atoms with Gasteiger partial charge in [0.15, 0.2) is 0 Å². The summed E-state index contributed by atoms with van der Waals surface area (Å²) >= 11 is 0. The van der Waals surface area contributed by atoms with Crippen LogP contribution in [0.4, 0.5) is 10.5 Å². The van der Waals surface area contributed by atoms with Crippen molar-refractivity contribution in [1.82, 2.24) is 9.80 Å². The maximum Gasteiger partial charge on any atom is 0.409 e. The molecule has 1 aliphatic rings. The smallest absolute Gasteiger partial charge is 0.409 e. The van der Waals surface area contributed by atoms with Crippen molar-refractivity contribution >= 4 is 34.4 Å². The van der Waals surface area contributed by atoms with Crippen LogP contribution in [0.2, 0.25) is 0 Å². The number of benzene rings is 2. The van der Waals surface area contributed by atoms with Gasteiger partial charge in [0.1, 0.15) is 6.42 Å². The summed E-state index contributed by atoms with van der Waals surface area (Å²) in [7, 11) is 0. The first-order valence-corrected chi connectivity index (χ1v) is 9.05. The van der Waals surface area contributed by atoms with Gasteiger partial charge in [0.05, 0.1) is 6.61 Å². The van der Waals surface area contributed by atoms with E-state index >= 15 is 0 Å². The van der Waals surface area contributed by atoms with Crippen molar-refractivity contribution in [1.29, 1.82) is 0 Å². The summed E-state index contributed by atoms with van der Waals surface area (Å²) < 4.78 is 4.96. The van der Waals surface area contributed by atoms with Crippen molar-refractivity contribution in [2.75, 3.05) is 38.1 Å². The number of carbonyl (C=O) groups is 3. The van der Waals surface area contributed by atoms with E-state index in [2.05, 4.69) is 5.32 Å². The highest BCUT2D eigenvalue weighted by Gasteiger charge is 2.25. The summed E-state index contributed by atoms with van der Waals surface area (Å²) in [6.07, 6.45) is -0.582. The molecule has 0 aromatic heterocycles. The summed E-state index contributed by atoms with van der Waals surface area (Å²) in [5.41, 5.74) is 0.693. The number of piperazine rings is 1. The molecular formula is C20H23N3O4. The fourth-order valence-corrected chi connectivity index (χ4v) is 3.13. The maximum atomic E-state index is 12.4. The van der Waals surface area contributed by atoms with Gasteiger partial charge in [0.25, 0.3) is 0 Å². The Morgan fingerprint density at radius 2 is 1.63 bits per heavy atom. The van der Waals surface area contributed by atoms with Gasteiger partial charge in [-0.2, -0.15) is 0 Å². The number of hydrogen-bond donors (Lipinski definition) is 1. The average molecular weight is 369 g/mol. The zero-order valence-corrected chi connectivity index (χ0v) is 15.3. The van der Waals surface area contributed by atoms with E-state index in [4.69, 9.17) is 4.74 Å². The molecule has 0 radical (unpaired) electrons. The second-order valence-electron chi connectivity index (χ2n) is 6.32. The standard InChI is InChI=1S/C20H23N3O4/c1-2-27-20(26)23-12-10-22(11-13-23)19(25)14-18(24)21-17-9-5-7-15-6-3-4-8-16(15)17/h3-9H,2,10-14H2,1H3,(H,21,24). The van der Waals surface area contributed by atoms with Crippen molar-refractivity contribution in [2.45, 2.75) is 13.3 Å². The zero-order chi connectivity index (χ0) is 19.2. The molecule has 1 N–H and O–H groups in total.